The van der Waals surface area contributed by atoms with Crippen molar-refractivity contribution in [3.8, 4) is 0 Å². The van der Waals surface area contributed by atoms with Gasteiger partial charge in [-0.15, -0.1) is 0 Å². The van der Waals surface area contributed by atoms with E-state index in [1.165, 1.54) is 0 Å². The molecule has 1 atom stereocenters. The van der Waals surface area contributed by atoms with Crippen LogP contribution in [0.15, 0.2) is 36.7 Å². The summed E-state index contributed by atoms with van der Waals surface area (Å²) in [5, 5.41) is 3.27. The van der Waals surface area contributed by atoms with Gasteiger partial charge in [0.05, 0.1) is 5.92 Å². The van der Waals surface area contributed by atoms with Crippen LogP contribution in [0.1, 0.15) is 27.1 Å². The summed E-state index contributed by atoms with van der Waals surface area (Å²) >= 11 is 0. The van der Waals surface area contributed by atoms with Gasteiger partial charge in [-0.25, -0.2) is 0 Å². The summed E-state index contributed by atoms with van der Waals surface area (Å²) in [4.78, 5) is 32.2. The number of pyridine rings is 1. The number of nitrogen functional groups attached to an aromatic ring is 1. The fourth-order valence-corrected chi connectivity index (χ4v) is 3.68. The topological polar surface area (TPSA) is 76.3 Å². The zero-order valence-corrected chi connectivity index (χ0v) is 14.2. The van der Waals surface area contributed by atoms with E-state index in [9.17, 15) is 9.59 Å². The highest BCUT2D eigenvalue weighted by atomic mass is 16.2. The lowest BCUT2D eigenvalue weighted by Crippen LogP contribution is -2.32. The third kappa shape index (κ3) is 2.31. The molecule has 0 aliphatic heterocycles. The number of hydrogen-bond acceptors (Lipinski definition) is 5. The molecule has 2 N–H and O–H groups in total. The zero-order valence-electron chi connectivity index (χ0n) is 14.2. The quantitative estimate of drug-likeness (QED) is 0.453. The standard InChI is InChI=1S/C20H19N3O2/c1-23(2)7-6-12-19(24)14-8-13-11(4-3-5-17(13)21)15-9-22-10-16(18(14)15)20(12)25/h3-5,8-10,12H,6-7,21H2,1-2H3. The lowest BCUT2D eigenvalue weighted by atomic mass is 9.78. The van der Waals surface area contributed by atoms with E-state index in [1.54, 1.807) is 12.4 Å². The van der Waals surface area contributed by atoms with Gasteiger partial charge in [-0.3, -0.25) is 14.6 Å². The molecular formula is C20H19N3O2. The van der Waals surface area contributed by atoms with Gasteiger partial charge in [0.2, 0.25) is 0 Å². The number of benzene rings is 2. The van der Waals surface area contributed by atoms with Crippen LogP contribution in [-0.4, -0.2) is 42.1 Å². The van der Waals surface area contributed by atoms with Gasteiger partial charge >= 0.3 is 0 Å². The summed E-state index contributed by atoms with van der Waals surface area (Å²) in [6.45, 7) is 0.677. The van der Waals surface area contributed by atoms with Crippen molar-refractivity contribution in [3.63, 3.8) is 0 Å². The summed E-state index contributed by atoms with van der Waals surface area (Å²) in [7, 11) is 3.87. The van der Waals surface area contributed by atoms with Gasteiger partial charge in [-0.1, -0.05) is 12.1 Å². The Morgan fingerprint density at radius 2 is 1.80 bits per heavy atom. The maximum Gasteiger partial charge on any atom is 0.175 e. The van der Waals surface area contributed by atoms with Gasteiger partial charge in [0.1, 0.15) is 0 Å². The SMILES string of the molecule is CN(C)CCC1C(=O)c2cncc3c2c(cc2c(N)cccc23)C1=O. The van der Waals surface area contributed by atoms with Gasteiger partial charge < -0.3 is 10.6 Å². The Labute approximate surface area is 145 Å². The van der Waals surface area contributed by atoms with Crippen LogP contribution < -0.4 is 5.73 Å². The van der Waals surface area contributed by atoms with Gasteiger partial charge in [-0.2, -0.15) is 0 Å². The van der Waals surface area contributed by atoms with Crippen LogP contribution in [0.2, 0.25) is 0 Å². The predicted octanol–water partition coefficient (Wildman–Crippen LogP) is 2.92. The summed E-state index contributed by atoms with van der Waals surface area (Å²) in [5.41, 5.74) is 7.87. The number of fused-ring (bicyclic) bond motifs is 2. The van der Waals surface area contributed by atoms with Crippen molar-refractivity contribution >= 4 is 38.8 Å². The van der Waals surface area contributed by atoms with Crippen molar-refractivity contribution < 1.29 is 9.59 Å². The minimum atomic E-state index is -0.648. The van der Waals surface area contributed by atoms with Crippen LogP contribution in [0.3, 0.4) is 0 Å². The maximum absolute atomic E-state index is 13.1. The number of aromatic nitrogens is 1. The minimum Gasteiger partial charge on any atom is -0.398 e. The Kier molecular flexibility index (Phi) is 3.54. The third-order valence-electron chi connectivity index (χ3n) is 4.96. The monoisotopic (exact) mass is 333 g/mol. The minimum absolute atomic E-state index is 0.110. The van der Waals surface area contributed by atoms with E-state index in [-0.39, 0.29) is 11.6 Å². The highest BCUT2D eigenvalue weighted by Gasteiger charge is 2.36. The van der Waals surface area contributed by atoms with Crippen molar-refractivity contribution in [3.05, 3.63) is 47.8 Å². The Morgan fingerprint density at radius 1 is 1.04 bits per heavy atom. The number of rotatable bonds is 3. The molecule has 5 heteroatoms. The van der Waals surface area contributed by atoms with E-state index in [0.717, 1.165) is 16.2 Å². The van der Waals surface area contributed by atoms with Crippen LogP contribution in [-0.2, 0) is 0 Å². The number of carbonyl (C=O) groups is 2. The molecule has 0 saturated carbocycles. The van der Waals surface area contributed by atoms with E-state index < -0.39 is 5.92 Å². The second-order valence-electron chi connectivity index (χ2n) is 6.85. The van der Waals surface area contributed by atoms with Gasteiger partial charge in [0, 0.05) is 45.4 Å². The second-order valence-corrected chi connectivity index (χ2v) is 6.85. The molecule has 2 aromatic carbocycles. The number of Topliss-reactive ketones (excluding diaryl/α,β-unsaturated/α-hetero) is 2. The third-order valence-corrected chi connectivity index (χ3v) is 4.96. The highest BCUT2D eigenvalue weighted by Crippen LogP contribution is 2.38. The normalized spacial score (nSPS) is 17.0. The lowest BCUT2D eigenvalue weighted by Gasteiger charge is -2.24. The van der Waals surface area contributed by atoms with E-state index >= 15 is 0 Å². The Morgan fingerprint density at radius 3 is 2.56 bits per heavy atom. The van der Waals surface area contributed by atoms with E-state index in [1.807, 2.05) is 43.3 Å². The molecule has 0 bridgehead atoms. The number of nitrogens with two attached hydrogens (primary N) is 1. The average molecular weight is 333 g/mol. The molecule has 0 saturated heterocycles. The second kappa shape index (κ2) is 5.63. The van der Waals surface area contributed by atoms with E-state index in [2.05, 4.69) is 4.98 Å². The van der Waals surface area contributed by atoms with Crippen molar-refractivity contribution in [2.45, 2.75) is 6.42 Å². The first-order chi connectivity index (χ1) is 12.0. The van der Waals surface area contributed by atoms with Crippen molar-refractivity contribution in [2.75, 3.05) is 26.4 Å². The molecule has 1 aliphatic carbocycles. The van der Waals surface area contributed by atoms with E-state index in [4.69, 9.17) is 5.73 Å². The summed E-state index contributed by atoms with van der Waals surface area (Å²) in [6, 6.07) is 7.48. The summed E-state index contributed by atoms with van der Waals surface area (Å²) < 4.78 is 0. The summed E-state index contributed by atoms with van der Waals surface area (Å²) in [6.07, 6.45) is 3.80. The molecule has 1 heterocycles. The van der Waals surface area contributed by atoms with Crippen LogP contribution >= 0.6 is 0 Å². The van der Waals surface area contributed by atoms with Crippen LogP contribution in [0.4, 0.5) is 5.69 Å². The van der Waals surface area contributed by atoms with Gasteiger partial charge in [0.15, 0.2) is 11.6 Å². The molecule has 0 amide bonds. The number of hydrogen-bond donors (Lipinski definition) is 1. The molecule has 0 fully saturated rings. The fourth-order valence-electron chi connectivity index (χ4n) is 3.68. The molecule has 1 aliphatic rings. The number of nitrogens with zero attached hydrogens (tertiary/aromatic N) is 2. The molecule has 25 heavy (non-hydrogen) atoms. The summed E-state index contributed by atoms with van der Waals surface area (Å²) in [5.74, 6) is -0.883. The maximum atomic E-state index is 13.1. The van der Waals surface area contributed by atoms with Crippen molar-refractivity contribution in [1.29, 1.82) is 0 Å². The largest absolute Gasteiger partial charge is 0.398 e. The first kappa shape index (κ1) is 15.7. The van der Waals surface area contributed by atoms with Crippen LogP contribution in [0.25, 0.3) is 21.5 Å². The first-order valence-electron chi connectivity index (χ1n) is 8.31. The zero-order chi connectivity index (χ0) is 17.7. The van der Waals surface area contributed by atoms with Gasteiger partial charge in [-0.05, 0) is 44.6 Å². The lowest BCUT2D eigenvalue weighted by molar-refractivity contribution is 0.0788. The van der Waals surface area contributed by atoms with Crippen LogP contribution in [0, 0.1) is 5.92 Å². The number of carbonyl (C=O) groups excluding carboxylic acids is 2. The van der Waals surface area contributed by atoms with Gasteiger partial charge in [0.25, 0.3) is 0 Å². The fraction of sp³-hybridized carbons (Fsp3) is 0.250. The molecule has 0 spiro atoms. The average Bonchev–Trinajstić information content (AvgIpc) is 2.59. The molecule has 0 radical (unpaired) electrons. The molecule has 4 rings (SSSR count). The van der Waals surface area contributed by atoms with Crippen LogP contribution in [0.5, 0.6) is 0 Å². The molecule has 1 unspecified atom stereocenters. The number of ketones is 2. The molecular weight excluding hydrogens is 314 g/mol. The Balaban J connectivity index is 2.01. The first-order valence-corrected chi connectivity index (χ1v) is 8.31. The molecule has 1 aromatic heterocycles. The smallest absolute Gasteiger partial charge is 0.175 e. The predicted molar refractivity (Wildman–Crippen MR) is 99.0 cm³/mol. The number of anilines is 1. The Bertz CT molecular complexity index is 1040. The Hall–Kier alpha value is -2.79. The molecule has 126 valence electrons. The highest BCUT2D eigenvalue weighted by molar-refractivity contribution is 6.32. The molecule has 5 nitrogen and oxygen atoms in total. The molecule has 3 aromatic rings. The van der Waals surface area contributed by atoms with Crippen molar-refractivity contribution in [1.82, 2.24) is 9.88 Å². The van der Waals surface area contributed by atoms with Crippen molar-refractivity contribution in [2.24, 2.45) is 5.92 Å². The van der Waals surface area contributed by atoms with E-state index in [0.29, 0.717) is 35.2 Å².